The molecule has 0 spiro atoms. The number of para-hydroxylation sites is 1. The van der Waals surface area contributed by atoms with Crippen molar-refractivity contribution in [1.29, 1.82) is 0 Å². The van der Waals surface area contributed by atoms with Crippen molar-refractivity contribution in [3.63, 3.8) is 0 Å². The molecule has 112 valence electrons. The summed E-state index contributed by atoms with van der Waals surface area (Å²) in [6, 6.07) is 8.19. The molecule has 0 fully saturated rings. The minimum Gasteiger partial charge on any atom is -0.493 e. The van der Waals surface area contributed by atoms with E-state index in [2.05, 4.69) is 29.6 Å². The smallest absolute Gasteiger partial charge is 0.128 e. The van der Waals surface area contributed by atoms with Gasteiger partial charge in [0.15, 0.2) is 0 Å². The number of ether oxygens (including phenoxy) is 1. The number of benzene rings is 1. The second-order valence-electron chi connectivity index (χ2n) is 4.76. The minimum atomic E-state index is 0.765. The maximum Gasteiger partial charge on any atom is 0.128 e. The summed E-state index contributed by atoms with van der Waals surface area (Å²) in [6.07, 6.45) is 11.1. The van der Waals surface area contributed by atoms with Crippen LogP contribution in [0.1, 0.15) is 31.7 Å². The molecule has 4 heteroatoms. The zero-order chi connectivity index (χ0) is 14.9. The average Bonchev–Trinajstić information content (AvgIpc) is 3.04. The number of unbranched alkanes of at least 4 members (excludes halogenated alkanes) is 2. The Morgan fingerprint density at radius 2 is 2.19 bits per heavy atom. The van der Waals surface area contributed by atoms with Gasteiger partial charge in [-0.15, -0.1) is 11.8 Å². The molecule has 0 aliphatic heterocycles. The predicted molar refractivity (Wildman–Crippen MR) is 90.6 cm³/mol. The van der Waals surface area contributed by atoms with Gasteiger partial charge < -0.3 is 9.30 Å². The molecular weight excluding hydrogens is 280 g/mol. The number of imidazole rings is 1. The first-order chi connectivity index (χ1) is 10.4. The highest BCUT2D eigenvalue weighted by Gasteiger charge is 2.10. The van der Waals surface area contributed by atoms with Gasteiger partial charge >= 0.3 is 0 Å². The van der Waals surface area contributed by atoms with Gasteiger partial charge in [-0.2, -0.15) is 0 Å². The fourth-order valence-electron chi connectivity index (χ4n) is 2.11. The molecular formula is C17H22N2OS. The molecule has 0 saturated heterocycles. The van der Waals surface area contributed by atoms with Crippen LogP contribution < -0.4 is 4.74 Å². The van der Waals surface area contributed by atoms with Crippen molar-refractivity contribution >= 4 is 17.5 Å². The van der Waals surface area contributed by atoms with Gasteiger partial charge in [0.1, 0.15) is 5.75 Å². The van der Waals surface area contributed by atoms with Gasteiger partial charge in [0.2, 0.25) is 0 Å². The minimum absolute atomic E-state index is 0.765. The number of nitrogens with zero attached hydrogens (tertiary/aromatic N) is 2. The number of aromatic nitrogens is 2. The maximum absolute atomic E-state index is 5.98. The van der Waals surface area contributed by atoms with E-state index in [9.17, 15) is 0 Å². The van der Waals surface area contributed by atoms with Crippen molar-refractivity contribution in [2.45, 2.75) is 26.2 Å². The van der Waals surface area contributed by atoms with Gasteiger partial charge in [0, 0.05) is 18.0 Å². The lowest BCUT2D eigenvalue weighted by Crippen LogP contribution is -2.03. The van der Waals surface area contributed by atoms with E-state index in [0.717, 1.165) is 30.0 Å². The Morgan fingerprint density at radius 3 is 2.90 bits per heavy atom. The Morgan fingerprint density at radius 1 is 1.33 bits per heavy atom. The fourth-order valence-corrected chi connectivity index (χ4v) is 2.59. The normalized spacial score (nSPS) is 11.6. The monoisotopic (exact) mass is 302 g/mol. The Balaban J connectivity index is 2.23. The molecule has 0 amide bonds. The van der Waals surface area contributed by atoms with Crippen molar-refractivity contribution in [3.05, 3.63) is 54.0 Å². The molecule has 21 heavy (non-hydrogen) atoms. The number of rotatable bonds is 8. The lowest BCUT2D eigenvalue weighted by Gasteiger charge is -2.14. The lowest BCUT2D eigenvalue weighted by molar-refractivity contribution is 0.305. The first-order valence-electron chi connectivity index (χ1n) is 7.30. The fraction of sp³-hybridized carbons (Fsp3) is 0.353. The molecule has 1 heterocycles. The summed E-state index contributed by atoms with van der Waals surface area (Å²) in [5.74, 6) is 0.933. The Kier molecular flexibility index (Phi) is 6.41. The summed E-state index contributed by atoms with van der Waals surface area (Å²) in [4.78, 5) is 4.14. The molecule has 0 aliphatic rings. The van der Waals surface area contributed by atoms with Crippen molar-refractivity contribution in [1.82, 2.24) is 9.55 Å². The van der Waals surface area contributed by atoms with Crippen LogP contribution in [-0.4, -0.2) is 22.4 Å². The summed E-state index contributed by atoms with van der Waals surface area (Å²) in [6.45, 7) is 2.97. The third-order valence-corrected chi connectivity index (χ3v) is 3.64. The third kappa shape index (κ3) is 4.39. The SMILES string of the molecule is CCCCCOc1ccccc1C(=CSC)n1ccnc1. The molecule has 0 saturated carbocycles. The maximum atomic E-state index is 5.98. The van der Waals surface area contributed by atoms with Crippen LogP contribution in [0.25, 0.3) is 5.70 Å². The number of hydrogen-bond acceptors (Lipinski definition) is 3. The molecule has 3 nitrogen and oxygen atoms in total. The van der Waals surface area contributed by atoms with E-state index in [1.54, 1.807) is 18.0 Å². The first kappa shape index (κ1) is 15.7. The van der Waals surface area contributed by atoms with Crippen LogP contribution in [0, 0.1) is 0 Å². The predicted octanol–water partition coefficient (Wildman–Crippen LogP) is 4.66. The van der Waals surface area contributed by atoms with E-state index >= 15 is 0 Å². The standard InChI is InChI=1S/C17H22N2OS/c1-3-4-7-12-20-17-9-6-5-8-15(17)16(13-21-2)19-11-10-18-14-19/h5-6,8-11,13-14H,3-4,7,12H2,1-2H3. The van der Waals surface area contributed by atoms with Crippen LogP contribution >= 0.6 is 11.8 Å². The quantitative estimate of drug-likeness (QED) is 0.663. The van der Waals surface area contributed by atoms with Gasteiger partial charge in [0.05, 0.1) is 18.6 Å². The molecule has 0 N–H and O–H groups in total. The van der Waals surface area contributed by atoms with Crippen LogP contribution in [-0.2, 0) is 0 Å². The second-order valence-corrected chi connectivity index (χ2v) is 5.47. The summed E-state index contributed by atoms with van der Waals surface area (Å²) >= 11 is 1.68. The largest absolute Gasteiger partial charge is 0.493 e. The van der Waals surface area contributed by atoms with E-state index in [1.165, 1.54) is 12.8 Å². The molecule has 0 radical (unpaired) electrons. The highest BCUT2D eigenvalue weighted by molar-refractivity contribution is 8.01. The summed E-state index contributed by atoms with van der Waals surface area (Å²) in [5, 5.41) is 2.12. The summed E-state index contributed by atoms with van der Waals surface area (Å²) < 4.78 is 8.00. The van der Waals surface area contributed by atoms with Gasteiger partial charge in [-0.1, -0.05) is 31.9 Å². The van der Waals surface area contributed by atoms with Crippen molar-refractivity contribution in [2.75, 3.05) is 12.9 Å². The summed E-state index contributed by atoms with van der Waals surface area (Å²) in [7, 11) is 0. The molecule has 0 aliphatic carbocycles. The average molecular weight is 302 g/mol. The third-order valence-electron chi connectivity index (χ3n) is 3.18. The van der Waals surface area contributed by atoms with E-state index < -0.39 is 0 Å². The molecule has 1 aromatic carbocycles. The number of thioether (sulfide) groups is 1. The van der Waals surface area contributed by atoms with Crippen LogP contribution in [0.4, 0.5) is 0 Å². The topological polar surface area (TPSA) is 27.1 Å². The first-order valence-corrected chi connectivity index (χ1v) is 8.59. The molecule has 0 bridgehead atoms. The molecule has 0 unspecified atom stereocenters. The van der Waals surface area contributed by atoms with Crippen molar-refractivity contribution in [2.24, 2.45) is 0 Å². The molecule has 2 aromatic rings. The van der Waals surface area contributed by atoms with Crippen molar-refractivity contribution in [3.8, 4) is 5.75 Å². The van der Waals surface area contributed by atoms with E-state index in [4.69, 9.17) is 4.74 Å². The van der Waals surface area contributed by atoms with Crippen LogP contribution in [0.3, 0.4) is 0 Å². The van der Waals surface area contributed by atoms with Gasteiger partial charge in [-0.05, 0) is 30.2 Å². The number of hydrogen-bond donors (Lipinski definition) is 0. The molecule has 1 aromatic heterocycles. The van der Waals surface area contributed by atoms with E-state index in [0.29, 0.717) is 0 Å². The van der Waals surface area contributed by atoms with Crippen LogP contribution in [0.2, 0.25) is 0 Å². The zero-order valence-electron chi connectivity index (χ0n) is 12.7. The van der Waals surface area contributed by atoms with Crippen LogP contribution in [0.5, 0.6) is 5.75 Å². The Bertz CT molecular complexity index is 564. The van der Waals surface area contributed by atoms with E-state index in [-0.39, 0.29) is 0 Å². The second kappa shape index (κ2) is 8.57. The van der Waals surface area contributed by atoms with E-state index in [1.807, 2.05) is 35.3 Å². The lowest BCUT2D eigenvalue weighted by atomic mass is 10.1. The van der Waals surface area contributed by atoms with Crippen molar-refractivity contribution < 1.29 is 4.74 Å². The Hall–Kier alpha value is -1.68. The van der Waals surface area contributed by atoms with Gasteiger partial charge in [0.25, 0.3) is 0 Å². The molecule has 2 rings (SSSR count). The Labute approximate surface area is 131 Å². The van der Waals surface area contributed by atoms with Crippen LogP contribution in [0.15, 0.2) is 48.4 Å². The highest BCUT2D eigenvalue weighted by atomic mass is 32.2. The molecule has 0 atom stereocenters. The summed E-state index contributed by atoms with van der Waals surface area (Å²) in [5.41, 5.74) is 2.19. The highest BCUT2D eigenvalue weighted by Crippen LogP contribution is 2.28. The van der Waals surface area contributed by atoms with Gasteiger partial charge in [-0.3, -0.25) is 0 Å². The zero-order valence-corrected chi connectivity index (χ0v) is 13.5. The van der Waals surface area contributed by atoms with Gasteiger partial charge in [-0.25, -0.2) is 4.98 Å².